The van der Waals surface area contributed by atoms with Gasteiger partial charge in [0.05, 0.1) is 12.4 Å². The lowest BCUT2D eigenvalue weighted by molar-refractivity contribution is -0.125. The first-order valence-corrected chi connectivity index (χ1v) is 4.34. The van der Waals surface area contributed by atoms with E-state index in [1.54, 1.807) is 12.5 Å². The van der Waals surface area contributed by atoms with Gasteiger partial charge >= 0.3 is 0 Å². The molecule has 1 amide bonds. The van der Waals surface area contributed by atoms with Crippen LogP contribution in [0.3, 0.4) is 0 Å². The molecule has 0 aromatic carbocycles. The molecule has 0 radical (unpaired) electrons. The van der Waals surface area contributed by atoms with Crippen molar-refractivity contribution in [2.45, 2.75) is 26.3 Å². The number of nitrogens with zero attached hydrogens (tertiary/aromatic N) is 1. The number of aromatic amines is 1. The number of rotatable bonds is 4. The summed E-state index contributed by atoms with van der Waals surface area (Å²) in [6, 6.07) is -0.465. The van der Waals surface area contributed by atoms with Crippen LogP contribution in [0, 0.1) is 0 Å². The molecule has 0 spiro atoms. The topological polar surface area (TPSA) is 74.8 Å². The minimum atomic E-state index is -0.465. The fourth-order valence-electron chi connectivity index (χ4n) is 1.16. The zero-order chi connectivity index (χ0) is 10.6. The minimum absolute atomic E-state index is 0.0604. The first kappa shape index (κ1) is 10.4. The van der Waals surface area contributed by atoms with Crippen LogP contribution in [0.25, 0.3) is 0 Å². The van der Waals surface area contributed by atoms with Gasteiger partial charge in [0.2, 0.25) is 5.91 Å². The molecule has 0 saturated heterocycles. The third-order valence-electron chi connectivity index (χ3n) is 1.85. The number of imidazole rings is 1. The third kappa shape index (κ3) is 3.01. The number of ketones is 1. The number of Topliss-reactive ketones (excluding diaryl/α,β-unsaturated/α-hetero) is 1. The van der Waals surface area contributed by atoms with Crippen molar-refractivity contribution in [1.82, 2.24) is 15.3 Å². The second-order valence-corrected chi connectivity index (χ2v) is 3.14. The smallest absolute Gasteiger partial charge is 0.217 e. The summed E-state index contributed by atoms with van der Waals surface area (Å²) in [5.41, 5.74) is 0.832. The predicted octanol–water partition coefficient (Wildman–Crippen LogP) is 0.0459. The number of carbonyl (C=O) groups is 2. The average molecular weight is 195 g/mol. The maximum atomic E-state index is 11.2. The molecule has 1 heterocycles. The monoisotopic (exact) mass is 195 g/mol. The molecule has 1 rings (SSSR count). The first-order chi connectivity index (χ1) is 6.59. The molecule has 1 aromatic heterocycles. The Kier molecular flexibility index (Phi) is 3.39. The Hall–Kier alpha value is -1.65. The summed E-state index contributed by atoms with van der Waals surface area (Å²) < 4.78 is 0. The lowest BCUT2D eigenvalue weighted by Crippen LogP contribution is -2.40. The summed E-state index contributed by atoms with van der Waals surface area (Å²) in [5, 5.41) is 2.58. The Morgan fingerprint density at radius 3 is 2.71 bits per heavy atom. The van der Waals surface area contributed by atoms with Crippen LogP contribution in [0.15, 0.2) is 12.5 Å². The van der Waals surface area contributed by atoms with Gasteiger partial charge in [-0.15, -0.1) is 0 Å². The molecule has 0 saturated carbocycles. The quantitative estimate of drug-likeness (QED) is 0.712. The van der Waals surface area contributed by atoms with Crippen molar-refractivity contribution in [2.75, 3.05) is 0 Å². The molecule has 5 nitrogen and oxygen atoms in total. The van der Waals surface area contributed by atoms with E-state index in [0.29, 0.717) is 6.42 Å². The van der Waals surface area contributed by atoms with Crippen molar-refractivity contribution >= 4 is 11.7 Å². The number of amides is 1. The van der Waals surface area contributed by atoms with Crippen LogP contribution < -0.4 is 5.32 Å². The fourth-order valence-corrected chi connectivity index (χ4v) is 1.16. The Balaban J connectivity index is 2.60. The molecule has 14 heavy (non-hydrogen) atoms. The van der Waals surface area contributed by atoms with Gasteiger partial charge in [0.1, 0.15) is 0 Å². The van der Waals surface area contributed by atoms with Crippen LogP contribution in [-0.2, 0) is 16.0 Å². The van der Waals surface area contributed by atoms with Gasteiger partial charge in [0.15, 0.2) is 5.78 Å². The van der Waals surface area contributed by atoms with Crippen molar-refractivity contribution in [3.63, 3.8) is 0 Å². The summed E-state index contributed by atoms with van der Waals surface area (Å²) in [4.78, 5) is 28.7. The van der Waals surface area contributed by atoms with Gasteiger partial charge in [-0.3, -0.25) is 9.59 Å². The summed E-state index contributed by atoms with van der Waals surface area (Å²) in [6.07, 6.45) is 3.63. The highest BCUT2D eigenvalue weighted by molar-refractivity contribution is 5.86. The molecule has 0 aliphatic carbocycles. The maximum Gasteiger partial charge on any atom is 0.217 e. The normalized spacial score (nSPS) is 12.1. The molecule has 76 valence electrons. The van der Waals surface area contributed by atoms with Gasteiger partial charge in [0, 0.05) is 25.2 Å². The lowest BCUT2D eigenvalue weighted by atomic mass is 10.1. The second kappa shape index (κ2) is 4.55. The molecule has 1 atom stereocenters. The van der Waals surface area contributed by atoms with E-state index < -0.39 is 6.04 Å². The van der Waals surface area contributed by atoms with E-state index in [2.05, 4.69) is 15.3 Å². The van der Waals surface area contributed by atoms with Crippen molar-refractivity contribution < 1.29 is 9.59 Å². The highest BCUT2D eigenvalue weighted by Crippen LogP contribution is 1.99. The SMILES string of the molecule is CC(=O)NC(Cc1cnc[nH]1)C(C)=O. The Bertz CT molecular complexity index is 319. The maximum absolute atomic E-state index is 11.2. The molecule has 0 bridgehead atoms. The molecule has 5 heteroatoms. The lowest BCUT2D eigenvalue weighted by Gasteiger charge is -2.13. The van der Waals surface area contributed by atoms with Gasteiger partial charge in [0.25, 0.3) is 0 Å². The molecule has 1 aromatic rings. The number of hydrogen-bond donors (Lipinski definition) is 2. The van der Waals surface area contributed by atoms with Crippen LogP contribution in [0.1, 0.15) is 19.5 Å². The van der Waals surface area contributed by atoms with Crippen LogP contribution >= 0.6 is 0 Å². The van der Waals surface area contributed by atoms with E-state index in [-0.39, 0.29) is 11.7 Å². The Morgan fingerprint density at radius 2 is 2.29 bits per heavy atom. The van der Waals surface area contributed by atoms with Crippen LogP contribution in [0.2, 0.25) is 0 Å². The van der Waals surface area contributed by atoms with Crippen molar-refractivity contribution in [3.05, 3.63) is 18.2 Å². The third-order valence-corrected chi connectivity index (χ3v) is 1.85. The van der Waals surface area contributed by atoms with Crippen LogP contribution in [0.5, 0.6) is 0 Å². The number of aromatic nitrogens is 2. The number of nitrogens with one attached hydrogen (secondary N) is 2. The van der Waals surface area contributed by atoms with Gasteiger partial charge < -0.3 is 10.3 Å². The minimum Gasteiger partial charge on any atom is -0.348 e. The van der Waals surface area contributed by atoms with Crippen molar-refractivity contribution in [2.24, 2.45) is 0 Å². The summed E-state index contributed by atoms with van der Waals surface area (Å²) in [5.74, 6) is -0.264. The predicted molar refractivity (Wildman–Crippen MR) is 50.6 cm³/mol. The van der Waals surface area contributed by atoms with E-state index in [1.807, 2.05) is 0 Å². The van der Waals surface area contributed by atoms with Crippen molar-refractivity contribution in [3.8, 4) is 0 Å². The molecule has 0 fully saturated rings. The van der Waals surface area contributed by atoms with E-state index in [4.69, 9.17) is 0 Å². The van der Waals surface area contributed by atoms with E-state index in [1.165, 1.54) is 13.8 Å². The van der Waals surface area contributed by atoms with Gasteiger partial charge in [-0.2, -0.15) is 0 Å². The Morgan fingerprint density at radius 1 is 1.57 bits per heavy atom. The van der Waals surface area contributed by atoms with Gasteiger partial charge in [-0.1, -0.05) is 0 Å². The summed E-state index contributed by atoms with van der Waals surface area (Å²) in [7, 11) is 0. The van der Waals surface area contributed by atoms with Crippen LogP contribution in [-0.4, -0.2) is 27.7 Å². The van der Waals surface area contributed by atoms with Crippen LogP contribution in [0.4, 0.5) is 0 Å². The zero-order valence-electron chi connectivity index (χ0n) is 8.20. The van der Waals surface area contributed by atoms with Crippen molar-refractivity contribution in [1.29, 1.82) is 0 Å². The fraction of sp³-hybridized carbons (Fsp3) is 0.444. The second-order valence-electron chi connectivity index (χ2n) is 3.14. The number of carbonyl (C=O) groups excluding carboxylic acids is 2. The number of H-pyrrole nitrogens is 1. The van der Waals surface area contributed by atoms with E-state index in [9.17, 15) is 9.59 Å². The molecule has 0 aliphatic heterocycles. The Labute approximate surface area is 81.9 Å². The molecule has 2 N–H and O–H groups in total. The molecule has 1 unspecified atom stereocenters. The molecule has 0 aliphatic rings. The average Bonchev–Trinajstić information content (AvgIpc) is 2.54. The van der Waals surface area contributed by atoms with E-state index in [0.717, 1.165) is 5.69 Å². The highest BCUT2D eigenvalue weighted by atomic mass is 16.2. The van der Waals surface area contributed by atoms with Gasteiger partial charge in [-0.05, 0) is 6.92 Å². The molecular formula is C9H13N3O2. The first-order valence-electron chi connectivity index (χ1n) is 4.34. The van der Waals surface area contributed by atoms with E-state index >= 15 is 0 Å². The highest BCUT2D eigenvalue weighted by Gasteiger charge is 2.15. The number of hydrogen-bond acceptors (Lipinski definition) is 3. The zero-order valence-corrected chi connectivity index (χ0v) is 8.20. The standard InChI is InChI=1S/C9H13N3O2/c1-6(13)9(12-7(2)14)3-8-4-10-5-11-8/h4-5,9H,3H2,1-2H3,(H,10,11)(H,12,14). The van der Waals surface area contributed by atoms with Gasteiger partial charge in [-0.25, -0.2) is 4.98 Å². The summed E-state index contributed by atoms with van der Waals surface area (Å²) in [6.45, 7) is 2.85. The largest absolute Gasteiger partial charge is 0.348 e. The summed E-state index contributed by atoms with van der Waals surface area (Å²) >= 11 is 0. The molecular weight excluding hydrogens is 182 g/mol.